The van der Waals surface area contributed by atoms with Gasteiger partial charge in [0.25, 0.3) is 0 Å². The van der Waals surface area contributed by atoms with E-state index in [0.29, 0.717) is 6.61 Å². The molecule has 0 aromatic carbocycles. The zero-order valence-corrected chi connectivity index (χ0v) is 28.4. The van der Waals surface area contributed by atoms with Crippen LogP contribution in [0.15, 0.2) is 72.9 Å². The minimum atomic E-state index is -5.05. The standard InChI is InChI=1S/C34H54O12S/c1-3-5-6-7-8-9-10-11-12-13-14-15-16-17-18-19-20-21-22-23-24-42-26-28(44-30(36)4-2)27-43-34-32(38)33(46-47(39,40)41)31(37)29(25-35)45-34/h5-6,8-9,11-12,14-15,17-18,20-21,28-29,31-35,37-38H,3-4,7,10,13,16,19,22-27H2,1-2H3,(H,39,40,41)/b6-5-,9-8-,12-11-,15-14-,18-17-,21-20-. The van der Waals surface area contributed by atoms with Crippen LogP contribution in [0.25, 0.3) is 0 Å². The van der Waals surface area contributed by atoms with Crippen molar-refractivity contribution in [2.75, 3.05) is 26.4 Å². The zero-order valence-electron chi connectivity index (χ0n) is 27.5. The van der Waals surface area contributed by atoms with Gasteiger partial charge in [-0.3, -0.25) is 9.35 Å². The van der Waals surface area contributed by atoms with Crippen LogP contribution in [-0.4, -0.2) is 97.5 Å². The molecule has 0 amide bonds. The van der Waals surface area contributed by atoms with Gasteiger partial charge in [-0.1, -0.05) is 86.8 Å². The van der Waals surface area contributed by atoms with Gasteiger partial charge in [0.05, 0.1) is 19.8 Å². The Bertz CT molecular complexity index is 1110. The number of esters is 1. The highest BCUT2D eigenvalue weighted by Gasteiger charge is 2.48. The third-order valence-corrected chi connectivity index (χ3v) is 7.11. The van der Waals surface area contributed by atoms with E-state index >= 15 is 0 Å². The van der Waals surface area contributed by atoms with Crippen LogP contribution in [0, 0.1) is 0 Å². The van der Waals surface area contributed by atoms with Crippen LogP contribution in [0.1, 0.15) is 71.6 Å². The van der Waals surface area contributed by atoms with E-state index in [2.05, 4.69) is 84.0 Å². The van der Waals surface area contributed by atoms with Gasteiger partial charge < -0.3 is 34.3 Å². The molecule has 0 aromatic heterocycles. The first kappa shape index (κ1) is 42.6. The topological polar surface area (TPSA) is 178 Å². The monoisotopic (exact) mass is 686 g/mol. The summed E-state index contributed by atoms with van der Waals surface area (Å²) in [5.41, 5.74) is 0. The molecule has 6 unspecified atom stereocenters. The maximum absolute atomic E-state index is 11.9. The minimum Gasteiger partial charge on any atom is -0.457 e. The van der Waals surface area contributed by atoms with E-state index in [4.69, 9.17) is 23.5 Å². The van der Waals surface area contributed by atoms with E-state index in [1.807, 2.05) is 0 Å². The van der Waals surface area contributed by atoms with Crippen molar-refractivity contribution in [2.24, 2.45) is 0 Å². The number of unbranched alkanes of at least 4 members (excludes halogenated alkanes) is 1. The van der Waals surface area contributed by atoms with Crippen molar-refractivity contribution in [3.05, 3.63) is 72.9 Å². The molecule has 0 spiro atoms. The summed E-state index contributed by atoms with van der Waals surface area (Å²) in [4.78, 5) is 11.9. The quantitative estimate of drug-likeness (QED) is 0.0460. The van der Waals surface area contributed by atoms with Crippen molar-refractivity contribution in [3.8, 4) is 0 Å². The van der Waals surface area contributed by atoms with Crippen LogP contribution >= 0.6 is 0 Å². The van der Waals surface area contributed by atoms with E-state index < -0.39 is 59.8 Å². The Balaban J connectivity index is 2.32. The van der Waals surface area contributed by atoms with Gasteiger partial charge >= 0.3 is 16.4 Å². The normalized spacial score (nSPS) is 23.4. The number of hydrogen-bond donors (Lipinski definition) is 4. The van der Waals surface area contributed by atoms with Gasteiger partial charge in [-0.2, -0.15) is 8.42 Å². The molecule has 268 valence electrons. The van der Waals surface area contributed by atoms with Crippen molar-refractivity contribution in [1.82, 2.24) is 0 Å². The molecule has 1 aliphatic heterocycles. The molecular formula is C34H54O12S. The Morgan fingerprint density at radius 3 is 1.83 bits per heavy atom. The van der Waals surface area contributed by atoms with E-state index in [9.17, 15) is 28.5 Å². The van der Waals surface area contributed by atoms with Crippen LogP contribution in [-0.2, 0) is 38.3 Å². The fourth-order valence-corrected chi connectivity index (χ4v) is 4.70. The van der Waals surface area contributed by atoms with Gasteiger partial charge in [-0.15, -0.1) is 0 Å². The molecule has 0 radical (unpaired) electrons. The van der Waals surface area contributed by atoms with E-state index in [0.717, 1.165) is 51.4 Å². The summed E-state index contributed by atoms with van der Waals surface area (Å²) >= 11 is 0. The Labute approximate surface area is 280 Å². The molecule has 6 atom stereocenters. The molecule has 1 fully saturated rings. The third-order valence-electron chi connectivity index (χ3n) is 6.65. The van der Waals surface area contributed by atoms with Gasteiger partial charge in [-0.25, -0.2) is 4.18 Å². The molecule has 1 aliphatic rings. The van der Waals surface area contributed by atoms with Crippen molar-refractivity contribution in [3.63, 3.8) is 0 Å². The molecule has 0 aromatic rings. The SMILES string of the molecule is CC/C=C\C/C=C\C/C=C\C/C=C\C/C=C\C/C=C\CCCOCC(COC1OC(CO)C(O)C(OS(=O)(=O)O)C1O)OC(=O)CC. The number of hydrogen-bond acceptors (Lipinski definition) is 11. The fourth-order valence-electron chi connectivity index (χ4n) is 4.19. The molecule has 0 saturated carbocycles. The Morgan fingerprint density at radius 1 is 0.809 bits per heavy atom. The van der Waals surface area contributed by atoms with Gasteiger partial charge in [-0.05, 0) is 51.4 Å². The lowest BCUT2D eigenvalue weighted by Gasteiger charge is -2.41. The predicted molar refractivity (Wildman–Crippen MR) is 179 cm³/mol. The van der Waals surface area contributed by atoms with Crippen LogP contribution in [0.5, 0.6) is 0 Å². The fraction of sp³-hybridized carbons (Fsp3) is 0.618. The highest BCUT2D eigenvalue weighted by molar-refractivity contribution is 7.80. The number of aliphatic hydroxyl groups is 3. The maximum Gasteiger partial charge on any atom is 0.397 e. The van der Waals surface area contributed by atoms with Crippen LogP contribution < -0.4 is 0 Å². The molecule has 0 bridgehead atoms. The van der Waals surface area contributed by atoms with Gasteiger partial charge in [0.1, 0.15) is 30.5 Å². The molecule has 0 aliphatic carbocycles. The summed E-state index contributed by atoms with van der Waals surface area (Å²) < 4.78 is 57.4. The molecule has 1 saturated heterocycles. The second kappa shape index (κ2) is 26.5. The average molecular weight is 687 g/mol. The first-order valence-corrected chi connectivity index (χ1v) is 17.6. The molecule has 1 heterocycles. The predicted octanol–water partition coefficient (Wildman–Crippen LogP) is 4.45. The van der Waals surface area contributed by atoms with Crippen molar-refractivity contribution in [1.29, 1.82) is 0 Å². The molecule has 1 rings (SSSR count). The lowest BCUT2D eigenvalue weighted by Crippen LogP contribution is -2.60. The lowest BCUT2D eigenvalue weighted by molar-refractivity contribution is -0.301. The summed E-state index contributed by atoms with van der Waals surface area (Å²) in [5.74, 6) is -0.512. The minimum absolute atomic E-state index is 0.0185. The Hall–Kier alpha value is -2.46. The Kier molecular flexibility index (Phi) is 24.0. The third kappa shape index (κ3) is 21.2. The van der Waals surface area contributed by atoms with Gasteiger partial charge in [0.2, 0.25) is 0 Å². The molecule has 13 heteroatoms. The summed E-state index contributed by atoms with van der Waals surface area (Å²) in [6, 6.07) is 0. The summed E-state index contributed by atoms with van der Waals surface area (Å²) in [5, 5.41) is 30.0. The first-order valence-electron chi connectivity index (χ1n) is 16.2. The summed E-state index contributed by atoms with van der Waals surface area (Å²) in [7, 11) is -5.05. The van der Waals surface area contributed by atoms with Crippen molar-refractivity contribution < 1.29 is 56.2 Å². The molecule has 4 N–H and O–H groups in total. The second-order valence-electron chi connectivity index (χ2n) is 10.6. The van der Waals surface area contributed by atoms with Crippen LogP contribution in [0.4, 0.5) is 0 Å². The largest absolute Gasteiger partial charge is 0.457 e. The number of ether oxygens (including phenoxy) is 4. The van der Waals surface area contributed by atoms with E-state index in [1.54, 1.807) is 6.92 Å². The number of rotatable bonds is 25. The highest BCUT2D eigenvalue weighted by Crippen LogP contribution is 2.25. The van der Waals surface area contributed by atoms with Crippen LogP contribution in [0.2, 0.25) is 0 Å². The number of allylic oxidation sites excluding steroid dienone is 12. The maximum atomic E-state index is 11.9. The van der Waals surface area contributed by atoms with E-state index in [-0.39, 0.29) is 19.6 Å². The number of aliphatic hydroxyl groups excluding tert-OH is 3. The molecular weight excluding hydrogens is 632 g/mol. The van der Waals surface area contributed by atoms with Gasteiger partial charge in [0.15, 0.2) is 6.29 Å². The smallest absolute Gasteiger partial charge is 0.397 e. The number of carbonyl (C=O) groups excluding carboxylic acids is 1. The average Bonchev–Trinajstić information content (AvgIpc) is 3.04. The highest BCUT2D eigenvalue weighted by atomic mass is 32.3. The summed E-state index contributed by atoms with van der Waals surface area (Å²) in [6.07, 6.45) is 23.7. The Morgan fingerprint density at radius 2 is 1.34 bits per heavy atom. The van der Waals surface area contributed by atoms with Gasteiger partial charge in [0, 0.05) is 13.0 Å². The van der Waals surface area contributed by atoms with E-state index in [1.165, 1.54) is 0 Å². The first-order chi connectivity index (χ1) is 22.6. The van der Waals surface area contributed by atoms with Crippen molar-refractivity contribution >= 4 is 16.4 Å². The number of carbonyl (C=O) groups is 1. The second-order valence-corrected chi connectivity index (χ2v) is 11.7. The zero-order chi connectivity index (χ0) is 34.8. The molecule has 47 heavy (non-hydrogen) atoms. The van der Waals surface area contributed by atoms with Crippen molar-refractivity contribution in [2.45, 2.75) is 108 Å². The lowest BCUT2D eigenvalue weighted by atomic mass is 9.99. The van der Waals surface area contributed by atoms with Crippen LogP contribution in [0.3, 0.4) is 0 Å². The summed E-state index contributed by atoms with van der Waals surface area (Å²) in [6.45, 7) is 3.05. The molecule has 12 nitrogen and oxygen atoms in total.